The molecule has 0 bridgehead atoms. The van der Waals surface area contributed by atoms with Gasteiger partial charge in [-0.05, 0) is 30.4 Å². The summed E-state index contributed by atoms with van der Waals surface area (Å²) in [4.78, 5) is 18.6. The molecule has 24 heavy (non-hydrogen) atoms. The van der Waals surface area contributed by atoms with Crippen LogP contribution in [0.2, 0.25) is 0 Å². The fourth-order valence-corrected chi connectivity index (χ4v) is 3.01. The van der Waals surface area contributed by atoms with Crippen LogP contribution in [0.25, 0.3) is 0 Å². The Kier molecular flexibility index (Phi) is 5.31. The second-order valence-corrected chi connectivity index (χ2v) is 5.88. The number of carbonyl (C=O) groups excluding carboxylic acids is 1. The van der Waals surface area contributed by atoms with E-state index < -0.39 is 0 Å². The molecular formula is C19H22N2O3. The molecule has 0 spiro atoms. The Bertz CT molecular complexity index is 658. The lowest BCUT2D eigenvalue weighted by molar-refractivity contribution is 0.0678. The third-order valence-corrected chi connectivity index (χ3v) is 4.30. The lowest BCUT2D eigenvalue weighted by atomic mass is 9.97. The number of ether oxygens (including phenoxy) is 2. The molecule has 5 nitrogen and oxygen atoms in total. The fraction of sp³-hybridized carbons (Fsp3) is 0.368. The van der Waals surface area contributed by atoms with Crippen LogP contribution in [0.3, 0.4) is 0 Å². The minimum atomic E-state index is -0.264. The highest BCUT2D eigenvalue weighted by Crippen LogP contribution is 2.31. The van der Waals surface area contributed by atoms with Crippen molar-refractivity contribution < 1.29 is 14.3 Å². The number of hydrogen-bond donors (Lipinski definition) is 0. The molecule has 3 rings (SSSR count). The Morgan fingerprint density at radius 2 is 2.04 bits per heavy atom. The summed E-state index contributed by atoms with van der Waals surface area (Å²) in [6.45, 7) is 1.01. The number of carbonyl (C=O) groups is 1. The highest BCUT2D eigenvalue weighted by molar-refractivity contribution is 5.68. The molecule has 1 fully saturated rings. The molecule has 1 aromatic carbocycles. The zero-order chi connectivity index (χ0) is 16.8. The van der Waals surface area contributed by atoms with Gasteiger partial charge in [-0.15, -0.1) is 0 Å². The van der Waals surface area contributed by atoms with Gasteiger partial charge in [-0.2, -0.15) is 0 Å². The number of hydrogen-bond acceptors (Lipinski definition) is 4. The molecule has 5 heteroatoms. The molecule has 0 aliphatic carbocycles. The fourth-order valence-electron chi connectivity index (χ4n) is 3.01. The van der Waals surface area contributed by atoms with E-state index in [1.807, 2.05) is 47.4 Å². The quantitative estimate of drug-likeness (QED) is 0.853. The summed E-state index contributed by atoms with van der Waals surface area (Å²) in [5.74, 6) is 0.577. The maximum absolute atomic E-state index is 12.5. The van der Waals surface area contributed by atoms with E-state index in [2.05, 4.69) is 4.98 Å². The van der Waals surface area contributed by atoms with Crippen molar-refractivity contribution >= 4 is 6.09 Å². The van der Waals surface area contributed by atoms with Crippen molar-refractivity contribution in [1.82, 2.24) is 9.88 Å². The van der Waals surface area contributed by atoms with Crippen LogP contribution >= 0.6 is 0 Å². The van der Waals surface area contributed by atoms with Crippen molar-refractivity contribution in [3.8, 4) is 5.88 Å². The summed E-state index contributed by atoms with van der Waals surface area (Å²) in [6, 6.07) is 13.5. The predicted octanol–water partition coefficient (Wildman–Crippen LogP) is 3.95. The summed E-state index contributed by atoms with van der Waals surface area (Å²) in [5, 5.41) is 0. The van der Waals surface area contributed by atoms with E-state index in [4.69, 9.17) is 9.47 Å². The summed E-state index contributed by atoms with van der Waals surface area (Å²) >= 11 is 0. The standard InChI is InChI=1S/C19H22N2O3/c1-23-18-11-10-16(13-20-18)17-9-5-6-12-21(17)19(22)24-14-15-7-3-2-4-8-15/h2-4,7-8,10-11,13,17H,5-6,9,12,14H2,1H3/t17-/m1/s1. The Balaban J connectivity index is 1.67. The average molecular weight is 326 g/mol. The predicted molar refractivity (Wildman–Crippen MR) is 90.7 cm³/mol. The van der Waals surface area contributed by atoms with E-state index in [1.54, 1.807) is 13.3 Å². The van der Waals surface area contributed by atoms with E-state index in [0.717, 1.165) is 30.4 Å². The lowest BCUT2D eigenvalue weighted by Crippen LogP contribution is -2.38. The van der Waals surface area contributed by atoms with Gasteiger partial charge in [0.15, 0.2) is 0 Å². The number of methoxy groups -OCH3 is 1. The van der Waals surface area contributed by atoms with Crippen molar-refractivity contribution in [3.05, 3.63) is 59.8 Å². The monoisotopic (exact) mass is 326 g/mol. The normalized spacial score (nSPS) is 17.4. The number of pyridine rings is 1. The second-order valence-electron chi connectivity index (χ2n) is 5.88. The van der Waals surface area contributed by atoms with Gasteiger partial charge < -0.3 is 14.4 Å². The first-order valence-corrected chi connectivity index (χ1v) is 8.25. The first-order valence-electron chi connectivity index (χ1n) is 8.25. The van der Waals surface area contributed by atoms with Gasteiger partial charge in [0.05, 0.1) is 13.2 Å². The van der Waals surface area contributed by atoms with Gasteiger partial charge in [0, 0.05) is 18.8 Å². The summed E-state index contributed by atoms with van der Waals surface area (Å²) < 4.78 is 10.6. The molecule has 126 valence electrons. The highest BCUT2D eigenvalue weighted by atomic mass is 16.6. The molecule has 1 saturated heterocycles. The van der Waals surface area contributed by atoms with Crippen molar-refractivity contribution in [1.29, 1.82) is 0 Å². The van der Waals surface area contributed by atoms with Crippen LogP contribution < -0.4 is 4.74 Å². The van der Waals surface area contributed by atoms with Crippen molar-refractivity contribution in [2.24, 2.45) is 0 Å². The smallest absolute Gasteiger partial charge is 0.410 e. The largest absolute Gasteiger partial charge is 0.481 e. The maximum atomic E-state index is 12.5. The van der Waals surface area contributed by atoms with E-state index in [0.29, 0.717) is 19.0 Å². The van der Waals surface area contributed by atoms with Crippen LogP contribution in [-0.2, 0) is 11.3 Å². The minimum absolute atomic E-state index is 0.0143. The van der Waals surface area contributed by atoms with Gasteiger partial charge in [-0.25, -0.2) is 9.78 Å². The number of likely N-dealkylation sites (tertiary alicyclic amines) is 1. The zero-order valence-electron chi connectivity index (χ0n) is 13.9. The van der Waals surface area contributed by atoms with Gasteiger partial charge in [0.1, 0.15) is 6.61 Å². The van der Waals surface area contributed by atoms with Gasteiger partial charge in [0.25, 0.3) is 0 Å². The van der Waals surface area contributed by atoms with Crippen molar-refractivity contribution in [3.63, 3.8) is 0 Å². The molecule has 1 aliphatic rings. The summed E-state index contributed by atoms with van der Waals surface area (Å²) in [5.41, 5.74) is 2.01. The van der Waals surface area contributed by atoms with Crippen LogP contribution in [-0.4, -0.2) is 29.6 Å². The molecule has 0 saturated carbocycles. The minimum Gasteiger partial charge on any atom is -0.481 e. The Morgan fingerprint density at radius 3 is 2.75 bits per heavy atom. The van der Waals surface area contributed by atoms with E-state index in [1.165, 1.54) is 0 Å². The number of benzene rings is 1. The summed E-state index contributed by atoms with van der Waals surface area (Å²) in [6.07, 6.45) is 4.54. The molecular weight excluding hydrogens is 304 g/mol. The first-order chi connectivity index (χ1) is 11.8. The van der Waals surface area contributed by atoms with E-state index in [-0.39, 0.29) is 12.1 Å². The van der Waals surface area contributed by atoms with Crippen LogP contribution in [0, 0.1) is 0 Å². The number of piperidine rings is 1. The van der Waals surface area contributed by atoms with E-state index >= 15 is 0 Å². The van der Waals surface area contributed by atoms with Crippen molar-refractivity contribution in [2.45, 2.75) is 31.9 Å². The maximum Gasteiger partial charge on any atom is 0.410 e. The molecule has 1 aliphatic heterocycles. The Labute approximate surface area is 142 Å². The van der Waals surface area contributed by atoms with Gasteiger partial charge in [-0.1, -0.05) is 36.4 Å². The SMILES string of the molecule is COc1ccc([C@H]2CCCCN2C(=O)OCc2ccccc2)cn1. The molecule has 1 aromatic heterocycles. The number of amides is 1. The molecule has 2 aromatic rings. The van der Waals surface area contributed by atoms with Gasteiger partial charge in [-0.3, -0.25) is 0 Å². The van der Waals surface area contributed by atoms with Crippen LogP contribution in [0.15, 0.2) is 48.7 Å². The van der Waals surface area contributed by atoms with Crippen LogP contribution in [0.5, 0.6) is 5.88 Å². The lowest BCUT2D eigenvalue weighted by Gasteiger charge is -2.35. The van der Waals surface area contributed by atoms with Crippen LogP contribution in [0.4, 0.5) is 4.79 Å². The second kappa shape index (κ2) is 7.81. The molecule has 0 N–H and O–H groups in total. The molecule has 2 heterocycles. The first kappa shape index (κ1) is 16.3. The number of rotatable bonds is 4. The third kappa shape index (κ3) is 3.85. The molecule has 0 unspecified atom stereocenters. The number of aromatic nitrogens is 1. The van der Waals surface area contributed by atoms with E-state index in [9.17, 15) is 4.79 Å². The molecule has 0 radical (unpaired) electrons. The van der Waals surface area contributed by atoms with Crippen LogP contribution in [0.1, 0.15) is 36.4 Å². The van der Waals surface area contributed by atoms with Gasteiger partial charge >= 0.3 is 6.09 Å². The molecule has 1 amide bonds. The van der Waals surface area contributed by atoms with Crippen molar-refractivity contribution in [2.75, 3.05) is 13.7 Å². The number of nitrogens with zero attached hydrogens (tertiary/aromatic N) is 2. The van der Waals surface area contributed by atoms with Gasteiger partial charge in [0.2, 0.25) is 5.88 Å². The molecule has 1 atom stereocenters. The topological polar surface area (TPSA) is 51.7 Å². The summed E-state index contributed by atoms with van der Waals surface area (Å²) in [7, 11) is 1.59. The Hall–Kier alpha value is -2.56. The highest BCUT2D eigenvalue weighted by Gasteiger charge is 2.29. The zero-order valence-corrected chi connectivity index (χ0v) is 13.9. The third-order valence-electron chi connectivity index (χ3n) is 4.30. The average Bonchev–Trinajstić information content (AvgIpc) is 2.67. The Morgan fingerprint density at radius 1 is 1.21 bits per heavy atom.